The van der Waals surface area contributed by atoms with Crippen molar-refractivity contribution in [2.75, 3.05) is 19.1 Å². The van der Waals surface area contributed by atoms with Crippen molar-refractivity contribution in [1.82, 2.24) is 4.90 Å². The number of halogens is 2. The van der Waals surface area contributed by atoms with E-state index in [9.17, 15) is 4.79 Å². The van der Waals surface area contributed by atoms with Gasteiger partial charge in [-0.3, -0.25) is 4.79 Å². The summed E-state index contributed by atoms with van der Waals surface area (Å²) in [6, 6.07) is 10.7. The van der Waals surface area contributed by atoms with E-state index < -0.39 is 0 Å². The molecule has 0 bridgehead atoms. The Morgan fingerprint density at radius 1 is 1.12 bits per heavy atom. The Labute approximate surface area is 153 Å². The van der Waals surface area contributed by atoms with E-state index in [0.29, 0.717) is 22.2 Å². The first kappa shape index (κ1) is 15.9. The predicted octanol–water partition coefficient (Wildman–Crippen LogP) is 4.61. The smallest absolute Gasteiger partial charge is 0.256 e. The number of fused-ring (bicyclic) bond motifs is 1. The van der Waals surface area contributed by atoms with Crippen molar-refractivity contribution in [3.63, 3.8) is 0 Å². The molecule has 0 N–H and O–H groups in total. The fourth-order valence-electron chi connectivity index (χ4n) is 2.84. The number of hydrogen-bond donors (Lipinski definition) is 0. The van der Waals surface area contributed by atoms with Gasteiger partial charge >= 0.3 is 0 Å². The lowest BCUT2D eigenvalue weighted by atomic mass is 10.1. The van der Waals surface area contributed by atoms with E-state index in [0.717, 1.165) is 22.8 Å². The zero-order valence-electron chi connectivity index (χ0n) is 12.5. The summed E-state index contributed by atoms with van der Waals surface area (Å²) in [4.78, 5) is 14.8. The molecule has 124 valence electrons. The summed E-state index contributed by atoms with van der Waals surface area (Å²) < 4.78 is 10.8. The Morgan fingerprint density at radius 2 is 1.96 bits per heavy atom. The van der Waals surface area contributed by atoms with Crippen LogP contribution in [0.15, 0.2) is 36.4 Å². The molecule has 2 heterocycles. The minimum atomic E-state index is -0.0932. The number of carbonyl (C=O) groups is 1. The third-order valence-electron chi connectivity index (χ3n) is 4.00. The van der Waals surface area contributed by atoms with Gasteiger partial charge in [0.05, 0.1) is 10.6 Å². The third-order valence-corrected chi connectivity index (χ3v) is 5.80. The largest absolute Gasteiger partial charge is 0.454 e. The Kier molecular flexibility index (Phi) is 4.24. The van der Waals surface area contributed by atoms with Gasteiger partial charge in [-0.25, -0.2) is 0 Å². The Balaban J connectivity index is 1.64. The van der Waals surface area contributed by atoms with Crippen LogP contribution >= 0.6 is 35.0 Å². The van der Waals surface area contributed by atoms with Gasteiger partial charge in [-0.2, -0.15) is 0 Å². The molecule has 4 rings (SSSR count). The van der Waals surface area contributed by atoms with Crippen LogP contribution < -0.4 is 9.47 Å². The van der Waals surface area contributed by atoms with E-state index in [1.54, 1.807) is 30.0 Å². The topological polar surface area (TPSA) is 38.8 Å². The molecule has 2 aliphatic heterocycles. The Hall–Kier alpha value is -1.56. The van der Waals surface area contributed by atoms with Crippen LogP contribution in [0.2, 0.25) is 10.0 Å². The molecular weight excluding hydrogens is 369 g/mol. The van der Waals surface area contributed by atoms with Crippen LogP contribution in [-0.4, -0.2) is 29.9 Å². The summed E-state index contributed by atoms with van der Waals surface area (Å²) >= 11 is 13.8. The van der Waals surface area contributed by atoms with Crippen molar-refractivity contribution < 1.29 is 14.3 Å². The third kappa shape index (κ3) is 2.81. The van der Waals surface area contributed by atoms with Gasteiger partial charge < -0.3 is 14.4 Å². The van der Waals surface area contributed by atoms with Crippen LogP contribution in [-0.2, 0) is 0 Å². The number of benzene rings is 2. The molecule has 0 aromatic heterocycles. The standard InChI is InChI=1S/C17H13Cl2NO3S/c18-11-2-3-12(13(19)8-11)16(21)20-5-6-24-17(20)10-1-4-14-15(7-10)23-9-22-14/h1-4,7-8,17H,5-6,9H2/t17-/m1/s1. The zero-order chi connectivity index (χ0) is 16.7. The van der Waals surface area contributed by atoms with Crippen LogP contribution in [0.25, 0.3) is 0 Å². The van der Waals surface area contributed by atoms with E-state index in [-0.39, 0.29) is 18.1 Å². The molecule has 2 aromatic carbocycles. The number of rotatable bonds is 2. The maximum Gasteiger partial charge on any atom is 0.256 e. The molecule has 1 amide bonds. The molecule has 0 radical (unpaired) electrons. The van der Waals surface area contributed by atoms with Gasteiger partial charge in [0, 0.05) is 17.3 Å². The summed E-state index contributed by atoms with van der Waals surface area (Å²) in [5.41, 5.74) is 1.48. The molecule has 1 fully saturated rings. The van der Waals surface area contributed by atoms with Crippen molar-refractivity contribution in [3.05, 3.63) is 57.6 Å². The molecular formula is C17H13Cl2NO3S. The molecule has 24 heavy (non-hydrogen) atoms. The second-order valence-corrected chi connectivity index (χ2v) is 7.49. The van der Waals surface area contributed by atoms with Gasteiger partial charge in [0.2, 0.25) is 6.79 Å². The van der Waals surface area contributed by atoms with Crippen molar-refractivity contribution >= 4 is 40.9 Å². The monoisotopic (exact) mass is 381 g/mol. The summed E-state index contributed by atoms with van der Waals surface area (Å²) in [5.74, 6) is 2.23. The number of nitrogens with zero attached hydrogens (tertiary/aromatic N) is 1. The molecule has 7 heteroatoms. The summed E-state index contributed by atoms with van der Waals surface area (Å²) in [6.45, 7) is 0.904. The lowest BCUT2D eigenvalue weighted by Crippen LogP contribution is -2.30. The van der Waals surface area contributed by atoms with Crippen molar-refractivity contribution in [2.24, 2.45) is 0 Å². The fourth-order valence-corrected chi connectivity index (χ4v) is 4.57. The maximum atomic E-state index is 12.9. The lowest BCUT2D eigenvalue weighted by Gasteiger charge is -2.24. The number of thioether (sulfide) groups is 1. The Morgan fingerprint density at radius 3 is 2.79 bits per heavy atom. The zero-order valence-corrected chi connectivity index (χ0v) is 14.8. The van der Waals surface area contributed by atoms with Crippen molar-refractivity contribution in [1.29, 1.82) is 0 Å². The Bertz CT molecular complexity index is 814. The van der Waals surface area contributed by atoms with Crippen LogP contribution in [0.3, 0.4) is 0 Å². The molecule has 2 aromatic rings. The number of carbonyl (C=O) groups excluding carboxylic acids is 1. The molecule has 4 nitrogen and oxygen atoms in total. The molecule has 0 saturated carbocycles. The second kappa shape index (κ2) is 6.39. The highest BCUT2D eigenvalue weighted by Gasteiger charge is 2.33. The highest BCUT2D eigenvalue weighted by atomic mass is 35.5. The number of ether oxygens (including phenoxy) is 2. The van der Waals surface area contributed by atoms with E-state index in [1.165, 1.54) is 0 Å². The summed E-state index contributed by atoms with van der Waals surface area (Å²) in [7, 11) is 0. The van der Waals surface area contributed by atoms with E-state index in [4.69, 9.17) is 32.7 Å². The quantitative estimate of drug-likeness (QED) is 0.761. The van der Waals surface area contributed by atoms with Gasteiger partial charge in [-0.15, -0.1) is 11.8 Å². The first-order valence-electron chi connectivity index (χ1n) is 7.40. The van der Waals surface area contributed by atoms with Gasteiger partial charge in [0.1, 0.15) is 5.37 Å². The molecule has 2 aliphatic rings. The van der Waals surface area contributed by atoms with Crippen molar-refractivity contribution in [2.45, 2.75) is 5.37 Å². The molecule has 0 aliphatic carbocycles. The van der Waals surface area contributed by atoms with Crippen molar-refractivity contribution in [3.8, 4) is 11.5 Å². The van der Waals surface area contributed by atoms with Gasteiger partial charge in [0.25, 0.3) is 5.91 Å². The number of hydrogen-bond acceptors (Lipinski definition) is 4. The fraction of sp³-hybridized carbons (Fsp3) is 0.235. The molecule has 0 unspecified atom stereocenters. The predicted molar refractivity (Wildman–Crippen MR) is 95.3 cm³/mol. The van der Waals surface area contributed by atoms with E-state index >= 15 is 0 Å². The normalized spacial score (nSPS) is 18.9. The summed E-state index contributed by atoms with van der Waals surface area (Å²) in [5, 5.41) is 0.812. The first-order valence-corrected chi connectivity index (χ1v) is 9.21. The van der Waals surface area contributed by atoms with Crippen LogP contribution in [0.5, 0.6) is 11.5 Å². The summed E-state index contributed by atoms with van der Waals surface area (Å²) in [6.07, 6.45) is 0. The molecule has 1 saturated heterocycles. The highest BCUT2D eigenvalue weighted by Crippen LogP contribution is 2.43. The molecule has 1 atom stereocenters. The van der Waals surface area contributed by atoms with Crippen LogP contribution in [0.4, 0.5) is 0 Å². The van der Waals surface area contributed by atoms with Crippen LogP contribution in [0.1, 0.15) is 21.3 Å². The first-order chi connectivity index (χ1) is 11.6. The minimum Gasteiger partial charge on any atom is -0.454 e. The van der Waals surface area contributed by atoms with Crippen LogP contribution in [0, 0.1) is 0 Å². The SMILES string of the molecule is O=C(c1ccc(Cl)cc1Cl)N1CCS[C@@H]1c1ccc2c(c1)OCO2. The van der Waals surface area contributed by atoms with E-state index in [1.807, 2.05) is 23.1 Å². The van der Waals surface area contributed by atoms with Gasteiger partial charge in [0.15, 0.2) is 11.5 Å². The minimum absolute atomic E-state index is 0.0706. The van der Waals surface area contributed by atoms with E-state index in [2.05, 4.69) is 0 Å². The average molecular weight is 382 g/mol. The van der Waals surface area contributed by atoms with Gasteiger partial charge in [-0.05, 0) is 35.9 Å². The maximum absolute atomic E-state index is 12.9. The highest BCUT2D eigenvalue weighted by molar-refractivity contribution is 7.99. The molecule has 0 spiro atoms. The second-order valence-electron chi connectivity index (χ2n) is 5.46. The van der Waals surface area contributed by atoms with Gasteiger partial charge in [-0.1, -0.05) is 29.3 Å². The average Bonchev–Trinajstić information content (AvgIpc) is 3.22. The lowest BCUT2D eigenvalue weighted by molar-refractivity contribution is 0.0760. The number of amides is 1.